The van der Waals surface area contributed by atoms with Gasteiger partial charge in [0.15, 0.2) is 0 Å². The van der Waals surface area contributed by atoms with Crippen molar-refractivity contribution >= 4 is 17.5 Å². The van der Waals surface area contributed by atoms with Crippen molar-refractivity contribution in [1.82, 2.24) is 5.32 Å². The Bertz CT molecular complexity index is 669. The van der Waals surface area contributed by atoms with E-state index in [1.54, 1.807) is 0 Å². The van der Waals surface area contributed by atoms with Gasteiger partial charge in [-0.15, -0.1) is 0 Å². The Morgan fingerprint density at radius 2 is 1.48 bits per heavy atom. The van der Waals surface area contributed by atoms with E-state index in [9.17, 15) is 4.79 Å². The van der Waals surface area contributed by atoms with Crippen LogP contribution in [0.2, 0.25) is 5.02 Å². The minimum atomic E-state index is 0.121. The van der Waals surface area contributed by atoms with E-state index >= 15 is 0 Å². The van der Waals surface area contributed by atoms with E-state index in [4.69, 9.17) is 11.6 Å². The molecule has 2 aromatic rings. The third-order valence-electron chi connectivity index (χ3n) is 4.34. The molecule has 0 atom stereocenters. The SMILES string of the molecule is CC(C)(C)c1ccc(CCC(=O)NCCCc2ccc(Cl)cc2)cc1. The molecule has 0 unspecified atom stereocenters. The van der Waals surface area contributed by atoms with E-state index in [-0.39, 0.29) is 11.3 Å². The molecule has 0 heterocycles. The van der Waals surface area contributed by atoms with Crippen molar-refractivity contribution in [3.05, 3.63) is 70.2 Å². The number of nitrogens with one attached hydrogen (secondary N) is 1. The maximum atomic E-state index is 12.0. The Balaban J connectivity index is 1.66. The molecule has 0 bridgehead atoms. The van der Waals surface area contributed by atoms with Crippen LogP contribution in [0.1, 0.15) is 50.3 Å². The van der Waals surface area contributed by atoms with E-state index in [0.29, 0.717) is 13.0 Å². The molecule has 2 nitrogen and oxygen atoms in total. The fourth-order valence-corrected chi connectivity index (χ4v) is 2.82. The van der Waals surface area contributed by atoms with Gasteiger partial charge in [0.05, 0.1) is 0 Å². The van der Waals surface area contributed by atoms with E-state index in [1.807, 2.05) is 24.3 Å². The van der Waals surface area contributed by atoms with Gasteiger partial charge in [-0.25, -0.2) is 0 Å². The van der Waals surface area contributed by atoms with Gasteiger partial charge in [-0.3, -0.25) is 4.79 Å². The fraction of sp³-hybridized carbons (Fsp3) is 0.409. The van der Waals surface area contributed by atoms with Crippen LogP contribution in [0.4, 0.5) is 0 Å². The second-order valence-corrected chi connectivity index (χ2v) is 7.96. The fourth-order valence-electron chi connectivity index (χ4n) is 2.69. The normalized spacial score (nSPS) is 11.4. The number of carbonyl (C=O) groups is 1. The second kappa shape index (κ2) is 9.05. The number of carbonyl (C=O) groups excluding carboxylic acids is 1. The molecule has 25 heavy (non-hydrogen) atoms. The largest absolute Gasteiger partial charge is 0.356 e. The van der Waals surface area contributed by atoms with Crippen molar-refractivity contribution < 1.29 is 4.79 Å². The number of amides is 1. The van der Waals surface area contributed by atoms with Crippen molar-refractivity contribution in [3.63, 3.8) is 0 Å². The molecular weight excluding hydrogens is 330 g/mol. The third kappa shape index (κ3) is 6.91. The first-order valence-corrected chi connectivity index (χ1v) is 9.33. The molecule has 0 saturated heterocycles. The summed E-state index contributed by atoms with van der Waals surface area (Å²) in [4.78, 5) is 12.0. The van der Waals surface area contributed by atoms with Crippen molar-refractivity contribution in [3.8, 4) is 0 Å². The minimum Gasteiger partial charge on any atom is -0.356 e. The molecule has 0 radical (unpaired) electrons. The first-order valence-electron chi connectivity index (χ1n) is 8.95. The van der Waals surface area contributed by atoms with Crippen LogP contribution in [0.3, 0.4) is 0 Å². The highest BCUT2D eigenvalue weighted by Crippen LogP contribution is 2.22. The van der Waals surface area contributed by atoms with E-state index < -0.39 is 0 Å². The smallest absolute Gasteiger partial charge is 0.220 e. The Morgan fingerprint density at radius 1 is 0.920 bits per heavy atom. The average Bonchev–Trinajstić information content (AvgIpc) is 2.58. The number of benzene rings is 2. The van der Waals surface area contributed by atoms with Crippen LogP contribution in [0.5, 0.6) is 0 Å². The summed E-state index contributed by atoms with van der Waals surface area (Å²) in [5, 5.41) is 3.76. The highest BCUT2D eigenvalue weighted by molar-refractivity contribution is 6.30. The zero-order valence-corrected chi connectivity index (χ0v) is 16.2. The first kappa shape index (κ1) is 19.5. The van der Waals surface area contributed by atoms with Crippen LogP contribution in [0, 0.1) is 0 Å². The monoisotopic (exact) mass is 357 g/mol. The van der Waals surface area contributed by atoms with E-state index in [0.717, 1.165) is 24.3 Å². The summed E-state index contributed by atoms with van der Waals surface area (Å²) >= 11 is 5.87. The minimum absolute atomic E-state index is 0.121. The van der Waals surface area contributed by atoms with Crippen molar-refractivity contribution in [2.45, 2.75) is 51.9 Å². The average molecular weight is 358 g/mol. The number of hydrogen-bond acceptors (Lipinski definition) is 1. The van der Waals surface area contributed by atoms with Gasteiger partial charge in [-0.1, -0.05) is 68.8 Å². The predicted octanol–water partition coefficient (Wildman–Crippen LogP) is 5.32. The van der Waals surface area contributed by atoms with Gasteiger partial charge in [-0.05, 0) is 53.5 Å². The Labute approximate surface area is 156 Å². The number of rotatable bonds is 7. The van der Waals surface area contributed by atoms with Crippen LogP contribution in [-0.4, -0.2) is 12.5 Å². The van der Waals surface area contributed by atoms with Gasteiger partial charge in [-0.2, -0.15) is 0 Å². The standard InChI is InChI=1S/C22H28ClNO/c1-22(2,3)19-11-6-18(7-12-19)10-15-21(25)24-16-4-5-17-8-13-20(23)14-9-17/h6-9,11-14H,4-5,10,15-16H2,1-3H3,(H,24,25). The number of aryl methyl sites for hydroxylation is 2. The molecule has 0 spiro atoms. The van der Waals surface area contributed by atoms with Gasteiger partial charge in [0.25, 0.3) is 0 Å². The zero-order chi connectivity index (χ0) is 18.3. The molecule has 1 N–H and O–H groups in total. The molecule has 0 saturated carbocycles. The lowest BCUT2D eigenvalue weighted by Crippen LogP contribution is -2.25. The topological polar surface area (TPSA) is 29.1 Å². The Hall–Kier alpha value is -1.80. The second-order valence-electron chi connectivity index (χ2n) is 7.53. The van der Waals surface area contributed by atoms with Crippen LogP contribution < -0.4 is 5.32 Å². The third-order valence-corrected chi connectivity index (χ3v) is 4.59. The predicted molar refractivity (Wildman–Crippen MR) is 106 cm³/mol. The lowest BCUT2D eigenvalue weighted by atomic mass is 9.86. The van der Waals surface area contributed by atoms with Crippen molar-refractivity contribution in [2.75, 3.05) is 6.54 Å². The summed E-state index contributed by atoms with van der Waals surface area (Å²) in [6.45, 7) is 7.34. The molecule has 2 aromatic carbocycles. The van der Waals surface area contributed by atoms with Gasteiger partial charge in [0.1, 0.15) is 0 Å². The highest BCUT2D eigenvalue weighted by Gasteiger charge is 2.12. The molecule has 0 aliphatic rings. The first-order chi connectivity index (χ1) is 11.8. The van der Waals surface area contributed by atoms with Gasteiger partial charge in [0.2, 0.25) is 5.91 Å². The Kier molecular flexibility index (Phi) is 7.07. The van der Waals surface area contributed by atoms with Crippen molar-refractivity contribution in [1.29, 1.82) is 0 Å². The van der Waals surface area contributed by atoms with Crippen LogP contribution in [-0.2, 0) is 23.1 Å². The van der Waals surface area contributed by atoms with Crippen LogP contribution in [0.15, 0.2) is 48.5 Å². The molecule has 0 aromatic heterocycles. The van der Waals surface area contributed by atoms with Crippen LogP contribution in [0.25, 0.3) is 0 Å². The van der Waals surface area contributed by atoms with Crippen LogP contribution >= 0.6 is 11.6 Å². The summed E-state index contributed by atoms with van der Waals surface area (Å²) in [5.41, 5.74) is 3.95. The molecule has 2 rings (SSSR count). The van der Waals surface area contributed by atoms with E-state index in [2.05, 4.69) is 50.4 Å². The van der Waals surface area contributed by atoms with Gasteiger partial charge >= 0.3 is 0 Å². The summed E-state index contributed by atoms with van der Waals surface area (Å²) < 4.78 is 0. The summed E-state index contributed by atoms with van der Waals surface area (Å²) in [5.74, 6) is 0.121. The molecule has 0 aliphatic heterocycles. The highest BCUT2D eigenvalue weighted by atomic mass is 35.5. The van der Waals surface area contributed by atoms with Gasteiger partial charge in [0, 0.05) is 18.0 Å². The summed E-state index contributed by atoms with van der Waals surface area (Å²) in [6.07, 6.45) is 3.21. The molecular formula is C22H28ClNO. The molecule has 3 heteroatoms. The summed E-state index contributed by atoms with van der Waals surface area (Å²) in [7, 11) is 0. The molecule has 0 aliphatic carbocycles. The van der Waals surface area contributed by atoms with Crippen molar-refractivity contribution in [2.24, 2.45) is 0 Å². The lowest BCUT2D eigenvalue weighted by molar-refractivity contribution is -0.121. The number of halogens is 1. The molecule has 134 valence electrons. The lowest BCUT2D eigenvalue weighted by Gasteiger charge is -2.19. The quantitative estimate of drug-likeness (QED) is 0.667. The molecule has 1 amide bonds. The maximum absolute atomic E-state index is 12.0. The zero-order valence-electron chi connectivity index (χ0n) is 15.4. The Morgan fingerprint density at radius 3 is 2.08 bits per heavy atom. The van der Waals surface area contributed by atoms with E-state index in [1.165, 1.54) is 16.7 Å². The molecule has 0 fully saturated rings. The summed E-state index contributed by atoms with van der Waals surface area (Å²) in [6, 6.07) is 16.5. The van der Waals surface area contributed by atoms with Gasteiger partial charge < -0.3 is 5.32 Å². The number of hydrogen-bond donors (Lipinski definition) is 1. The maximum Gasteiger partial charge on any atom is 0.220 e.